The molecular weight excluding hydrogens is 361 g/mol. The van der Waals surface area contributed by atoms with Crippen molar-refractivity contribution in [3.63, 3.8) is 0 Å². The Morgan fingerprint density at radius 2 is 2.07 bits per heavy atom. The lowest BCUT2D eigenvalue weighted by molar-refractivity contribution is -0.0193. The molecular formula is C19H22FN7O. The predicted octanol–water partition coefficient (Wildman–Crippen LogP) is 1.92. The molecule has 4 heterocycles. The number of nitrogens with one attached hydrogen (secondary N) is 1. The van der Waals surface area contributed by atoms with Gasteiger partial charge in [-0.3, -0.25) is 14.4 Å². The molecule has 0 radical (unpaired) electrons. The van der Waals surface area contributed by atoms with Crippen LogP contribution in [0.5, 0.6) is 0 Å². The maximum absolute atomic E-state index is 13.6. The zero-order valence-corrected chi connectivity index (χ0v) is 16.1. The van der Waals surface area contributed by atoms with E-state index in [0.717, 1.165) is 5.56 Å². The van der Waals surface area contributed by atoms with Crippen LogP contribution in [0.25, 0.3) is 16.9 Å². The van der Waals surface area contributed by atoms with Crippen LogP contribution in [0.4, 0.5) is 4.39 Å². The van der Waals surface area contributed by atoms with Gasteiger partial charge in [-0.2, -0.15) is 20.0 Å². The highest BCUT2D eigenvalue weighted by atomic mass is 19.1. The molecule has 3 aromatic rings. The lowest BCUT2D eigenvalue weighted by Gasteiger charge is -2.42. The van der Waals surface area contributed by atoms with Gasteiger partial charge in [0.25, 0.3) is 5.56 Å². The molecule has 0 spiro atoms. The Kier molecular flexibility index (Phi) is 4.31. The number of alkyl halides is 1. The van der Waals surface area contributed by atoms with Crippen LogP contribution in [0.2, 0.25) is 0 Å². The highest BCUT2D eigenvalue weighted by Gasteiger charge is 2.38. The van der Waals surface area contributed by atoms with E-state index in [4.69, 9.17) is 0 Å². The molecule has 0 saturated carbocycles. The summed E-state index contributed by atoms with van der Waals surface area (Å²) in [5, 5.41) is 17.7. The number of aromatic nitrogens is 5. The maximum atomic E-state index is 13.6. The Morgan fingerprint density at radius 1 is 1.32 bits per heavy atom. The summed E-state index contributed by atoms with van der Waals surface area (Å²) in [6.45, 7) is 7.74. The molecule has 0 amide bonds. The minimum Gasteiger partial charge on any atom is -0.338 e. The molecule has 0 aromatic carbocycles. The van der Waals surface area contributed by atoms with Gasteiger partial charge in [0, 0.05) is 37.0 Å². The van der Waals surface area contributed by atoms with Crippen molar-refractivity contribution >= 4 is 5.65 Å². The monoisotopic (exact) mass is 383 g/mol. The molecule has 28 heavy (non-hydrogen) atoms. The van der Waals surface area contributed by atoms with E-state index in [1.165, 1.54) is 10.7 Å². The number of nitrogens with zero attached hydrogens (tertiary/aromatic N) is 6. The Balaban J connectivity index is 1.67. The summed E-state index contributed by atoms with van der Waals surface area (Å²) < 4.78 is 16.6. The Morgan fingerprint density at radius 3 is 2.71 bits per heavy atom. The molecule has 1 aliphatic rings. The Bertz CT molecular complexity index is 1120. The lowest BCUT2D eigenvalue weighted by atomic mass is 9.99. The Hall–Kier alpha value is -2.99. The van der Waals surface area contributed by atoms with Crippen molar-refractivity contribution in [3.05, 3.63) is 40.1 Å². The molecule has 3 aromatic heterocycles. The van der Waals surface area contributed by atoms with Crippen molar-refractivity contribution in [3.8, 4) is 17.3 Å². The van der Waals surface area contributed by atoms with Gasteiger partial charge in [-0.05, 0) is 12.8 Å². The minimum absolute atomic E-state index is 0.0374. The van der Waals surface area contributed by atoms with Crippen LogP contribution in [-0.2, 0) is 6.54 Å². The van der Waals surface area contributed by atoms with Crippen molar-refractivity contribution in [2.75, 3.05) is 19.6 Å². The van der Waals surface area contributed by atoms with Crippen LogP contribution < -0.4 is 5.56 Å². The summed E-state index contributed by atoms with van der Waals surface area (Å²) in [5.74, 6) is -0.0374. The van der Waals surface area contributed by atoms with Crippen LogP contribution in [0.15, 0.2) is 23.4 Å². The third-order valence-corrected chi connectivity index (χ3v) is 5.08. The number of aromatic amines is 1. The van der Waals surface area contributed by atoms with E-state index in [0.29, 0.717) is 48.6 Å². The standard InChI is InChI=1S/C19H22FN7O/c1-12(2)15-16(24-17-13(6-21)7-23-27(17)18(15)28)14-8-22-26(9-14)5-4-25-10-19(3,20)11-25/h7-9,12,24H,4-5,10-11H2,1-3H3. The molecule has 0 atom stereocenters. The van der Waals surface area contributed by atoms with Gasteiger partial charge >= 0.3 is 0 Å². The number of fused-ring (bicyclic) bond motifs is 1. The van der Waals surface area contributed by atoms with Crippen molar-refractivity contribution in [1.29, 1.82) is 5.26 Å². The second-order valence-corrected chi connectivity index (χ2v) is 7.92. The highest BCUT2D eigenvalue weighted by Crippen LogP contribution is 2.26. The topological polar surface area (TPSA) is 95.0 Å². The van der Waals surface area contributed by atoms with E-state index in [-0.39, 0.29) is 11.5 Å². The average Bonchev–Trinajstić information content (AvgIpc) is 3.24. The number of rotatable bonds is 5. The highest BCUT2D eigenvalue weighted by molar-refractivity contribution is 5.67. The molecule has 1 N–H and O–H groups in total. The van der Waals surface area contributed by atoms with Crippen LogP contribution in [0.3, 0.4) is 0 Å². The van der Waals surface area contributed by atoms with Crippen molar-refractivity contribution in [1.82, 2.24) is 29.3 Å². The summed E-state index contributed by atoms with van der Waals surface area (Å²) in [5.41, 5.74) is 1.38. The molecule has 0 aliphatic carbocycles. The lowest BCUT2D eigenvalue weighted by Crippen LogP contribution is -2.57. The Labute approximate surface area is 161 Å². The number of H-pyrrole nitrogens is 1. The van der Waals surface area contributed by atoms with E-state index in [1.54, 1.807) is 17.8 Å². The van der Waals surface area contributed by atoms with Crippen LogP contribution in [0.1, 0.15) is 37.8 Å². The fourth-order valence-electron chi connectivity index (χ4n) is 3.78. The predicted molar refractivity (Wildman–Crippen MR) is 102 cm³/mol. The number of hydrogen-bond acceptors (Lipinski definition) is 5. The SMILES string of the molecule is CC(C)c1c(-c2cnn(CCN3CC(C)(F)C3)c2)[nH]c2c(C#N)cnn2c1=O. The molecule has 0 bridgehead atoms. The van der Waals surface area contributed by atoms with Crippen molar-refractivity contribution in [2.24, 2.45) is 0 Å². The van der Waals surface area contributed by atoms with Crippen LogP contribution >= 0.6 is 0 Å². The van der Waals surface area contributed by atoms with E-state index in [1.807, 2.05) is 24.9 Å². The fraction of sp³-hybridized carbons (Fsp3) is 0.474. The van der Waals surface area contributed by atoms with Gasteiger partial charge in [0.05, 0.1) is 24.6 Å². The van der Waals surface area contributed by atoms with Gasteiger partial charge in [0.15, 0.2) is 5.65 Å². The maximum Gasteiger partial charge on any atom is 0.278 e. The van der Waals surface area contributed by atoms with Gasteiger partial charge in [-0.25, -0.2) is 4.39 Å². The molecule has 4 rings (SSSR count). The number of nitriles is 1. The number of halogens is 1. The second kappa shape index (κ2) is 6.56. The zero-order chi connectivity index (χ0) is 20.1. The normalized spacial score (nSPS) is 16.4. The minimum atomic E-state index is -1.08. The summed E-state index contributed by atoms with van der Waals surface area (Å²) in [4.78, 5) is 18.2. The van der Waals surface area contributed by atoms with Gasteiger partial charge in [0.1, 0.15) is 17.3 Å². The molecule has 9 heteroatoms. The largest absolute Gasteiger partial charge is 0.338 e. The van der Waals surface area contributed by atoms with E-state index >= 15 is 0 Å². The first-order chi connectivity index (χ1) is 13.3. The van der Waals surface area contributed by atoms with Crippen molar-refractivity contribution < 1.29 is 4.39 Å². The van der Waals surface area contributed by atoms with Crippen LogP contribution in [0, 0.1) is 11.3 Å². The van der Waals surface area contributed by atoms with Gasteiger partial charge in [0.2, 0.25) is 0 Å². The quantitative estimate of drug-likeness (QED) is 0.726. The molecule has 1 saturated heterocycles. The third-order valence-electron chi connectivity index (χ3n) is 5.08. The number of likely N-dealkylation sites (tertiary alicyclic amines) is 1. The molecule has 0 unspecified atom stereocenters. The molecule has 8 nitrogen and oxygen atoms in total. The first-order valence-corrected chi connectivity index (χ1v) is 9.27. The van der Waals surface area contributed by atoms with Crippen LogP contribution in [-0.4, -0.2) is 54.6 Å². The summed E-state index contributed by atoms with van der Waals surface area (Å²) in [6, 6.07) is 2.05. The summed E-state index contributed by atoms with van der Waals surface area (Å²) >= 11 is 0. The van der Waals surface area contributed by atoms with Crippen molar-refractivity contribution in [2.45, 2.75) is 38.9 Å². The smallest absolute Gasteiger partial charge is 0.278 e. The van der Waals surface area contributed by atoms with Gasteiger partial charge in [-0.1, -0.05) is 13.8 Å². The summed E-state index contributed by atoms with van der Waals surface area (Å²) in [6.07, 6.45) is 4.95. The van der Waals surface area contributed by atoms with E-state index < -0.39 is 5.67 Å². The van der Waals surface area contributed by atoms with E-state index in [2.05, 4.69) is 21.3 Å². The molecule has 1 fully saturated rings. The molecule has 146 valence electrons. The molecule has 1 aliphatic heterocycles. The second-order valence-electron chi connectivity index (χ2n) is 7.92. The average molecular weight is 383 g/mol. The first kappa shape index (κ1) is 18.4. The van der Waals surface area contributed by atoms with Gasteiger partial charge in [-0.15, -0.1) is 0 Å². The summed E-state index contributed by atoms with van der Waals surface area (Å²) in [7, 11) is 0. The third kappa shape index (κ3) is 3.10. The zero-order valence-electron chi connectivity index (χ0n) is 16.1. The fourth-order valence-corrected chi connectivity index (χ4v) is 3.78. The van der Waals surface area contributed by atoms with Gasteiger partial charge < -0.3 is 4.98 Å². The van der Waals surface area contributed by atoms with E-state index in [9.17, 15) is 14.4 Å². The first-order valence-electron chi connectivity index (χ1n) is 9.27. The number of hydrogen-bond donors (Lipinski definition) is 1.